The third kappa shape index (κ3) is 50.6. The monoisotopic (exact) mass is 1790 g/mol. The maximum atomic E-state index is 14.5. The lowest BCUT2D eigenvalue weighted by molar-refractivity contribution is -0.134. The van der Waals surface area contributed by atoms with Crippen LogP contribution in [-0.4, -0.2) is 392 Å². The summed E-state index contributed by atoms with van der Waals surface area (Å²) in [5, 5.41) is 52.7. The van der Waals surface area contributed by atoms with E-state index in [1.54, 1.807) is 42.6 Å². The quantitative estimate of drug-likeness (QED) is 0.0108. The number of aliphatic hydroxyl groups excluding tert-OH is 1. The van der Waals surface area contributed by atoms with E-state index in [2.05, 4.69) is 78.4 Å². The fraction of sp³-hybridized carbons (Fsp3) is 0.679. The van der Waals surface area contributed by atoms with E-state index in [9.17, 15) is 58.2 Å². The van der Waals surface area contributed by atoms with Crippen LogP contribution in [0.15, 0.2) is 64.7 Å². The smallest absolute Gasteiger partial charge is 0.247 e. The molecule has 10 amide bonds. The zero-order valence-electron chi connectivity index (χ0n) is 73.5. The Morgan fingerprint density at radius 2 is 0.857 bits per heavy atom. The Bertz CT molecular complexity index is 3610. The van der Waals surface area contributed by atoms with E-state index in [1.165, 1.54) is 19.1 Å². The highest BCUT2D eigenvalue weighted by Crippen LogP contribution is 2.25. The number of aliphatic hydroxyl groups is 1. The summed E-state index contributed by atoms with van der Waals surface area (Å²) < 4.78 is 44.5. The van der Waals surface area contributed by atoms with Crippen LogP contribution in [0.25, 0.3) is 10.9 Å². The van der Waals surface area contributed by atoms with Gasteiger partial charge < -0.3 is 146 Å². The molecule has 45 heteroatoms. The van der Waals surface area contributed by atoms with Crippen molar-refractivity contribution in [2.24, 2.45) is 56.0 Å². The molecule has 1 aliphatic heterocycles. The summed E-state index contributed by atoms with van der Waals surface area (Å²) in [5.74, 6) is -6.41. The van der Waals surface area contributed by atoms with Crippen molar-refractivity contribution in [1.82, 2.24) is 83.1 Å². The molecule has 2 heterocycles. The number of H-pyrrole nitrogens is 1. The van der Waals surface area contributed by atoms with Crippen LogP contribution in [0.4, 0.5) is 0 Å². The van der Waals surface area contributed by atoms with Gasteiger partial charge in [-0.25, -0.2) is 0 Å². The molecule has 6 unspecified atom stereocenters. The van der Waals surface area contributed by atoms with Gasteiger partial charge in [0.2, 0.25) is 59.1 Å². The first-order valence-corrected chi connectivity index (χ1v) is 43.1. The molecule has 712 valence electrons. The van der Waals surface area contributed by atoms with Gasteiger partial charge in [0.1, 0.15) is 42.2 Å². The van der Waals surface area contributed by atoms with Crippen molar-refractivity contribution in [3.05, 3.63) is 65.9 Å². The van der Waals surface area contributed by atoms with Crippen molar-refractivity contribution < 1.29 is 96.1 Å². The van der Waals surface area contributed by atoms with E-state index in [0.29, 0.717) is 167 Å². The van der Waals surface area contributed by atoms with E-state index in [1.807, 2.05) is 28.5 Å². The molecule has 0 radical (unpaired) electrons. The number of benzene rings is 2. The highest BCUT2D eigenvalue weighted by Gasteiger charge is 2.34. The van der Waals surface area contributed by atoms with Crippen LogP contribution < -0.4 is 98.6 Å². The fourth-order valence-corrected chi connectivity index (χ4v) is 12.8. The van der Waals surface area contributed by atoms with Crippen LogP contribution in [0.5, 0.6) is 5.75 Å². The highest BCUT2D eigenvalue weighted by molar-refractivity contribution is 5.98. The fourth-order valence-electron chi connectivity index (χ4n) is 12.8. The first-order chi connectivity index (χ1) is 60.8. The van der Waals surface area contributed by atoms with Gasteiger partial charge in [0, 0.05) is 160 Å². The minimum Gasteiger partial charge on any atom is -0.508 e. The Morgan fingerprint density at radius 1 is 0.452 bits per heavy atom. The van der Waals surface area contributed by atoms with Crippen molar-refractivity contribution >= 4 is 81.9 Å². The van der Waals surface area contributed by atoms with Gasteiger partial charge in [-0.05, 0) is 61.8 Å². The van der Waals surface area contributed by atoms with Gasteiger partial charge in [-0.15, -0.1) is 0 Å². The number of fused-ring (bicyclic) bond motifs is 1. The minimum atomic E-state index is -1.39. The normalized spacial score (nSPS) is 14.6. The number of aromatic nitrogens is 1. The third-order valence-electron chi connectivity index (χ3n) is 19.1. The van der Waals surface area contributed by atoms with Crippen LogP contribution in [0.3, 0.4) is 0 Å². The Balaban J connectivity index is 1.36. The van der Waals surface area contributed by atoms with Gasteiger partial charge >= 0.3 is 0 Å². The Hall–Kier alpha value is -9.66. The Morgan fingerprint density at radius 3 is 1.31 bits per heavy atom. The molecule has 1 saturated heterocycles. The molecule has 6 atom stereocenters. The Kier molecular flexibility index (Phi) is 57.5. The number of nitrogens with one attached hydrogen (secondary N) is 12. The first-order valence-electron chi connectivity index (χ1n) is 43.1. The Labute approximate surface area is 737 Å². The number of amides is 10. The van der Waals surface area contributed by atoms with Gasteiger partial charge in [-0.1, -0.05) is 44.2 Å². The molecule has 4 rings (SSSR count). The van der Waals surface area contributed by atoms with Crippen LogP contribution >= 0.6 is 0 Å². The van der Waals surface area contributed by atoms with Crippen LogP contribution in [0, 0.1) is 5.92 Å². The van der Waals surface area contributed by atoms with Crippen LogP contribution in [-0.2, 0) is 92.3 Å². The van der Waals surface area contributed by atoms with Gasteiger partial charge in [-0.2, -0.15) is 0 Å². The van der Waals surface area contributed by atoms with E-state index in [0.717, 1.165) is 0 Å². The molecule has 0 spiro atoms. The third-order valence-corrected chi connectivity index (χ3v) is 19.1. The topological polar surface area (TPSA) is 653 Å². The van der Waals surface area contributed by atoms with Gasteiger partial charge in [-0.3, -0.25) is 82.8 Å². The van der Waals surface area contributed by atoms with Gasteiger partial charge in [0.25, 0.3) is 0 Å². The number of nitrogens with zero attached hydrogens (tertiary/aromatic N) is 6. The molecule has 126 heavy (non-hydrogen) atoms. The number of aromatic amines is 1. The standard InChI is InChI=1S/C81H143N25O20/c1-58(2)50-67(101-77(116)66(11-7-20-95-81(87)88)99-69(109)53-97-75(114)65(10-6-19-94-80(85)86)100-78(117)68(51-60-12-14-61(108)15-13-60)102-79(118)74(98-59(3)107)63-52-96-64-9-5-4-8-62(63)64)76(115)93-25-41-126-49-48-125-40-24-92-73(113)57-106-32-30-104(55-71(111)90-22-38-123-46-43-120-35-17-83)28-26-103(54-70(110)89-21-37-122-45-42-119-34-16-82)27-29-105(31-33-106)56-72(112)91-23-39-124-47-44-121-36-18-84/h4-5,8-9,12-15,52,58,65-68,70,74,89,96,108,110H,6-7,10-11,16-51,53-57,82-84H2,1-3H3,(H,90,111)(H,91,112)(H,92,113)(H,93,115)(H,97,114)(H,98,107)(H,99,109)(H,100,117)(H,101,116)(H,102,118)(H4,85,86,94)(H4,87,88,95). The minimum absolute atomic E-state index is 0.0136. The molecule has 0 saturated carbocycles. The number of para-hydroxylation sites is 1. The summed E-state index contributed by atoms with van der Waals surface area (Å²) >= 11 is 0. The number of carbonyl (C=O) groups is 10. The molecule has 0 bridgehead atoms. The molecule has 3 aromatic rings. The number of hydrogen-bond acceptors (Lipinski definition) is 30. The molecule has 45 nitrogen and oxygen atoms in total. The number of phenolic OH excluding ortho intramolecular Hbond substituents is 1. The summed E-state index contributed by atoms with van der Waals surface area (Å²) in [5.41, 5.74) is 40.4. The largest absolute Gasteiger partial charge is 0.508 e. The lowest BCUT2D eigenvalue weighted by atomic mass is 10.0. The number of nitrogens with two attached hydrogens (primary N) is 7. The van der Waals surface area contributed by atoms with Crippen molar-refractivity contribution in [2.45, 2.75) is 95.7 Å². The molecule has 28 N–H and O–H groups in total. The predicted octanol–water partition coefficient (Wildman–Crippen LogP) is -7.89. The first kappa shape index (κ1) is 109. The molecular weight excluding hydrogens is 1640 g/mol. The molecular formula is C81H143N25O20. The van der Waals surface area contributed by atoms with Crippen LogP contribution in [0.1, 0.15) is 70.0 Å². The average molecular weight is 1790 g/mol. The predicted molar refractivity (Wildman–Crippen MR) is 472 cm³/mol. The molecule has 1 fully saturated rings. The van der Waals surface area contributed by atoms with E-state index < -0.39 is 84.3 Å². The average Bonchev–Trinajstić information content (AvgIpc) is 1.65. The maximum absolute atomic E-state index is 14.5. The number of β-amino-alcohol motifs (C(OH)–C–C–N with tert-alkyl or cyclic N) is 1. The second-order valence-electron chi connectivity index (χ2n) is 30.0. The van der Waals surface area contributed by atoms with Gasteiger partial charge in [0.15, 0.2) is 11.9 Å². The summed E-state index contributed by atoms with van der Waals surface area (Å²) in [6.07, 6.45) is 0.909. The zero-order valence-corrected chi connectivity index (χ0v) is 73.5. The SMILES string of the molecule is CC(=O)NC(C(=O)NC(Cc1ccc(O)cc1)C(=O)NC(CCCN=C(N)N)C(=O)NCC(=O)NC(CCCN=C(N)N)C(=O)NC(CC(C)C)C(=O)NCCOCCOCCNC(=O)CN1CCN(CC(=O)NCCOCCOCCN)CCN(CC(O)NCCOCCOCCN)CCN(CC(=O)NCCOCCOCCN)CC1)c1c[nH]c2ccccc12. The van der Waals surface area contributed by atoms with E-state index in [4.69, 9.17) is 78.0 Å². The van der Waals surface area contributed by atoms with Crippen molar-refractivity contribution in [3.63, 3.8) is 0 Å². The van der Waals surface area contributed by atoms with Crippen molar-refractivity contribution in [1.29, 1.82) is 0 Å². The number of aromatic hydroxyl groups is 1. The number of carbonyl (C=O) groups excluding carboxylic acids is 10. The lowest BCUT2D eigenvalue weighted by Crippen LogP contribution is -2.57. The molecule has 1 aromatic heterocycles. The van der Waals surface area contributed by atoms with Crippen molar-refractivity contribution in [3.8, 4) is 5.75 Å². The number of ether oxygens (including phenoxy) is 8. The molecule has 1 aliphatic rings. The summed E-state index contributed by atoms with van der Waals surface area (Å²) in [4.78, 5) is 157. The van der Waals surface area contributed by atoms with E-state index in [-0.39, 0.29) is 185 Å². The van der Waals surface area contributed by atoms with Gasteiger partial charge in [0.05, 0.1) is 132 Å². The molecule has 2 aromatic carbocycles. The maximum Gasteiger partial charge on any atom is 0.247 e. The number of aliphatic imine (C=N–C) groups is 2. The summed E-state index contributed by atoms with van der Waals surface area (Å²) in [6, 6.07) is 6.58. The number of guanidine groups is 2. The highest BCUT2D eigenvalue weighted by atomic mass is 16.5. The zero-order chi connectivity index (χ0) is 91.9. The number of phenols is 1. The van der Waals surface area contributed by atoms with Crippen LogP contribution in [0.2, 0.25) is 0 Å². The number of rotatable bonds is 67. The second kappa shape index (κ2) is 66.7. The second-order valence-corrected chi connectivity index (χ2v) is 30.0. The van der Waals surface area contributed by atoms with Crippen molar-refractivity contribution in [2.75, 3.05) is 256 Å². The van der Waals surface area contributed by atoms with E-state index >= 15 is 0 Å². The summed E-state index contributed by atoms with van der Waals surface area (Å²) in [6.45, 7) is 15.0. The molecule has 0 aliphatic carbocycles. The lowest BCUT2D eigenvalue weighted by Gasteiger charge is -2.34. The summed E-state index contributed by atoms with van der Waals surface area (Å²) in [7, 11) is 0. The number of hydrogen-bond donors (Lipinski definition) is 21.